The van der Waals surface area contributed by atoms with E-state index >= 15 is 0 Å². The zero-order valence-electron chi connectivity index (χ0n) is 19.1. The Hall–Kier alpha value is -3.04. The van der Waals surface area contributed by atoms with E-state index in [9.17, 15) is 13.2 Å². The molecule has 1 aromatic heterocycles. The Morgan fingerprint density at radius 3 is 2.45 bits per heavy atom. The molecule has 1 aliphatic heterocycles. The van der Waals surface area contributed by atoms with Crippen LogP contribution in [-0.4, -0.2) is 53.9 Å². The van der Waals surface area contributed by atoms with Crippen molar-refractivity contribution in [3.05, 3.63) is 66.4 Å². The molecule has 1 N–H and O–H groups in total. The van der Waals surface area contributed by atoms with Crippen molar-refractivity contribution < 1.29 is 13.2 Å². The van der Waals surface area contributed by atoms with Gasteiger partial charge >= 0.3 is 0 Å². The second-order valence-corrected chi connectivity index (χ2v) is 11.1. The van der Waals surface area contributed by atoms with Gasteiger partial charge in [-0.15, -0.1) is 5.10 Å². The van der Waals surface area contributed by atoms with Gasteiger partial charge in [0.2, 0.25) is 15.9 Å². The summed E-state index contributed by atoms with van der Waals surface area (Å²) in [5.41, 5.74) is 2.75. The van der Waals surface area contributed by atoms with Crippen molar-refractivity contribution in [1.82, 2.24) is 24.6 Å². The monoisotopic (exact) mass is 467 g/mol. The maximum absolute atomic E-state index is 12.7. The Balaban J connectivity index is 1.34. The Labute approximate surface area is 194 Å². The third kappa shape index (κ3) is 5.31. The van der Waals surface area contributed by atoms with Gasteiger partial charge in [-0.25, -0.2) is 17.8 Å². The first kappa shape index (κ1) is 23.1. The quantitative estimate of drug-likeness (QED) is 0.601. The molecule has 1 aliphatic rings. The molecule has 1 amide bonds. The van der Waals surface area contributed by atoms with Gasteiger partial charge in [0.15, 0.2) is 0 Å². The van der Waals surface area contributed by atoms with E-state index in [1.54, 1.807) is 21.7 Å². The highest BCUT2D eigenvalue weighted by Crippen LogP contribution is 2.25. The van der Waals surface area contributed by atoms with E-state index in [1.165, 1.54) is 0 Å². The first-order valence-electron chi connectivity index (χ1n) is 11.0. The molecule has 0 saturated carbocycles. The molecule has 174 valence electrons. The third-order valence-electron chi connectivity index (χ3n) is 5.91. The van der Waals surface area contributed by atoms with Crippen LogP contribution >= 0.6 is 0 Å². The zero-order chi connectivity index (χ0) is 23.6. The first-order chi connectivity index (χ1) is 15.6. The number of nitrogens with one attached hydrogen (secondary N) is 1. The Kier molecular flexibility index (Phi) is 6.36. The lowest BCUT2D eigenvalue weighted by Crippen LogP contribution is -2.39. The molecule has 0 bridgehead atoms. The molecule has 0 aliphatic carbocycles. The van der Waals surface area contributed by atoms with Crippen LogP contribution in [0.3, 0.4) is 0 Å². The fraction of sp³-hybridized carbons (Fsp3) is 0.375. The summed E-state index contributed by atoms with van der Waals surface area (Å²) >= 11 is 0. The number of carbonyl (C=O) groups excluding carboxylic acids is 1. The van der Waals surface area contributed by atoms with Crippen molar-refractivity contribution in [3.8, 4) is 11.3 Å². The van der Waals surface area contributed by atoms with Crippen molar-refractivity contribution in [3.63, 3.8) is 0 Å². The fourth-order valence-electron chi connectivity index (χ4n) is 3.87. The van der Waals surface area contributed by atoms with Gasteiger partial charge in [0.1, 0.15) is 5.69 Å². The van der Waals surface area contributed by atoms with Gasteiger partial charge in [0.05, 0.1) is 23.7 Å². The molecular weight excluding hydrogens is 438 g/mol. The van der Waals surface area contributed by atoms with Crippen molar-refractivity contribution in [1.29, 1.82) is 0 Å². The SMILES string of the molecule is CC(C)(C)c1ccc(S(=O)(=O)NCC(=O)N2CCC(n3cc(-c4ccccc4)nn3)C2)cc1. The number of amides is 1. The van der Waals surface area contributed by atoms with Gasteiger partial charge in [-0.3, -0.25) is 4.79 Å². The summed E-state index contributed by atoms with van der Waals surface area (Å²) in [6, 6.07) is 16.6. The topological polar surface area (TPSA) is 97.2 Å². The predicted molar refractivity (Wildman–Crippen MR) is 126 cm³/mol. The van der Waals surface area contributed by atoms with E-state index in [1.807, 2.05) is 48.7 Å². The summed E-state index contributed by atoms with van der Waals surface area (Å²) in [6.45, 7) is 6.95. The molecule has 1 saturated heterocycles. The number of aromatic nitrogens is 3. The number of hydrogen-bond acceptors (Lipinski definition) is 5. The second kappa shape index (κ2) is 9.07. The maximum atomic E-state index is 12.7. The van der Waals surface area contributed by atoms with Crippen molar-refractivity contribution in [2.75, 3.05) is 19.6 Å². The lowest BCUT2D eigenvalue weighted by molar-refractivity contribution is -0.129. The number of likely N-dealkylation sites (tertiary alicyclic amines) is 1. The minimum absolute atomic E-state index is 0.0143. The largest absolute Gasteiger partial charge is 0.339 e. The van der Waals surface area contributed by atoms with Crippen LogP contribution in [0.25, 0.3) is 11.3 Å². The number of benzene rings is 2. The lowest BCUT2D eigenvalue weighted by atomic mass is 9.87. The fourth-order valence-corrected chi connectivity index (χ4v) is 4.84. The smallest absolute Gasteiger partial charge is 0.241 e. The number of rotatable bonds is 6. The Bertz CT molecular complexity index is 1210. The molecule has 33 heavy (non-hydrogen) atoms. The maximum Gasteiger partial charge on any atom is 0.241 e. The van der Waals surface area contributed by atoms with Gasteiger partial charge in [-0.05, 0) is 29.5 Å². The second-order valence-electron chi connectivity index (χ2n) is 9.33. The number of nitrogens with zero attached hydrogens (tertiary/aromatic N) is 4. The molecule has 1 fully saturated rings. The van der Waals surface area contributed by atoms with Crippen LogP contribution in [0, 0.1) is 0 Å². The molecule has 9 heteroatoms. The minimum atomic E-state index is -3.77. The van der Waals surface area contributed by atoms with Gasteiger partial charge < -0.3 is 4.90 Å². The molecular formula is C24H29N5O3S. The summed E-state index contributed by atoms with van der Waals surface area (Å²) in [7, 11) is -3.77. The summed E-state index contributed by atoms with van der Waals surface area (Å²) in [5.74, 6) is -0.254. The van der Waals surface area contributed by atoms with Crippen LogP contribution < -0.4 is 4.72 Å². The summed E-state index contributed by atoms with van der Waals surface area (Å²) in [4.78, 5) is 14.5. The highest BCUT2D eigenvalue weighted by molar-refractivity contribution is 7.89. The number of hydrogen-bond donors (Lipinski definition) is 1. The van der Waals surface area contributed by atoms with Crippen LogP contribution in [0.1, 0.15) is 38.8 Å². The Morgan fingerprint density at radius 1 is 1.09 bits per heavy atom. The normalized spacial score (nSPS) is 16.8. The van der Waals surface area contributed by atoms with E-state index < -0.39 is 10.0 Å². The van der Waals surface area contributed by atoms with Crippen molar-refractivity contribution >= 4 is 15.9 Å². The van der Waals surface area contributed by atoms with Gasteiger partial charge in [0.25, 0.3) is 0 Å². The predicted octanol–water partition coefficient (Wildman–Crippen LogP) is 2.99. The van der Waals surface area contributed by atoms with Crippen LogP contribution in [0.5, 0.6) is 0 Å². The van der Waals surface area contributed by atoms with Gasteiger partial charge in [-0.1, -0.05) is 68.4 Å². The van der Waals surface area contributed by atoms with Gasteiger partial charge in [-0.2, -0.15) is 0 Å². The van der Waals surface area contributed by atoms with Crippen LogP contribution in [-0.2, 0) is 20.2 Å². The van der Waals surface area contributed by atoms with E-state index in [0.29, 0.717) is 13.1 Å². The lowest BCUT2D eigenvalue weighted by Gasteiger charge is -2.19. The first-order valence-corrected chi connectivity index (χ1v) is 12.5. The van der Waals surface area contributed by atoms with Crippen LogP contribution in [0.15, 0.2) is 65.7 Å². The molecule has 1 atom stereocenters. The molecule has 4 rings (SSSR count). The molecule has 2 heterocycles. The van der Waals surface area contributed by atoms with Crippen molar-refractivity contribution in [2.45, 2.75) is 43.5 Å². The van der Waals surface area contributed by atoms with Crippen LogP contribution in [0.4, 0.5) is 0 Å². The highest BCUT2D eigenvalue weighted by atomic mass is 32.2. The minimum Gasteiger partial charge on any atom is -0.339 e. The summed E-state index contributed by atoms with van der Waals surface area (Å²) in [6.07, 6.45) is 2.63. The summed E-state index contributed by atoms with van der Waals surface area (Å²) < 4.78 is 29.5. The molecule has 0 spiro atoms. The standard InChI is InChI=1S/C24H29N5O3S/c1-24(2,3)19-9-11-21(12-10-19)33(31,32)25-15-23(30)28-14-13-20(16-28)29-17-22(26-27-29)18-7-5-4-6-8-18/h4-12,17,20,25H,13-16H2,1-3H3. The van der Waals surface area contributed by atoms with Crippen LogP contribution in [0.2, 0.25) is 0 Å². The number of sulfonamides is 1. The zero-order valence-corrected chi connectivity index (χ0v) is 19.9. The average Bonchev–Trinajstić information content (AvgIpc) is 3.48. The number of carbonyl (C=O) groups is 1. The van der Waals surface area contributed by atoms with Gasteiger partial charge in [0, 0.05) is 18.7 Å². The molecule has 8 nitrogen and oxygen atoms in total. The van der Waals surface area contributed by atoms with E-state index in [2.05, 4.69) is 35.8 Å². The van der Waals surface area contributed by atoms with Crippen molar-refractivity contribution in [2.24, 2.45) is 0 Å². The molecule has 1 unspecified atom stereocenters. The summed E-state index contributed by atoms with van der Waals surface area (Å²) in [5, 5.41) is 8.48. The van der Waals surface area contributed by atoms with E-state index in [-0.39, 0.29) is 28.8 Å². The molecule has 3 aromatic rings. The van der Waals surface area contributed by atoms with E-state index in [4.69, 9.17) is 0 Å². The average molecular weight is 468 g/mol. The molecule has 2 aromatic carbocycles. The van der Waals surface area contributed by atoms with E-state index in [0.717, 1.165) is 23.2 Å². The Morgan fingerprint density at radius 2 is 1.79 bits per heavy atom. The third-order valence-corrected chi connectivity index (χ3v) is 7.33. The highest BCUT2D eigenvalue weighted by Gasteiger charge is 2.29. The molecule has 0 radical (unpaired) electrons.